The van der Waals surface area contributed by atoms with Crippen LogP contribution in [0.4, 0.5) is 0 Å². The fourth-order valence-electron chi connectivity index (χ4n) is 3.28. The highest BCUT2D eigenvalue weighted by atomic mass is 32.2. The van der Waals surface area contributed by atoms with Crippen molar-refractivity contribution in [2.45, 2.75) is 37.1 Å². The summed E-state index contributed by atoms with van der Waals surface area (Å²) in [5, 5.41) is 3.03. The molecule has 1 aliphatic rings. The van der Waals surface area contributed by atoms with E-state index in [4.69, 9.17) is 0 Å². The van der Waals surface area contributed by atoms with Gasteiger partial charge in [0.2, 0.25) is 11.8 Å². The van der Waals surface area contributed by atoms with E-state index >= 15 is 0 Å². The lowest BCUT2D eigenvalue weighted by molar-refractivity contribution is -0.142. The summed E-state index contributed by atoms with van der Waals surface area (Å²) in [6, 6.07) is 17.4. The van der Waals surface area contributed by atoms with E-state index in [1.54, 1.807) is 16.7 Å². The number of piperidine rings is 1. The molecule has 1 saturated heterocycles. The molecule has 2 aromatic carbocycles. The Morgan fingerprint density at radius 2 is 1.85 bits per heavy atom. The SMILES string of the molecule is Cc1ccc(SCCNC(=O)C(c2ccccc2)N2CCCCC2=O)cc1. The smallest absolute Gasteiger partial charge is 0.247 e. The Morgan fingerprint density at radius 1 is 1.11 bits per heavy atom. The molecule has 1 aliphatic heterocycles. The van der Waals surface area contributed by atoms with Crippen LogP contribution in [0.3, 0.4) is 0 Å². The van der Waals surface area contributed by atoms with Gasteiger partial charge in [-0.25, -0.2) is 0 Å². The maximum absolute atomic E-state index is 12.9. The number of nitrogens with zero attached hydrogens (tertiary/aromatic N) is 1. The Kier molecular flexibility index (Phi) is 6.93. The Labute approximate surface area is 165 Å². The zero-order chi connectivity index (χ0) is 19.1. The zero-order valence-electron chi connectivity index (χ0n) is 15.7. The van der Waals surface area contributed by atoms with Crippen LogP contribution in [-0.2, 0) is 9.59 Å². The van der Waals surface area contributed by atoms with Gasteiger partial charge in [0.05, 0.1) is 0 Å². The molecule has 0 aliphatic carbocycles. The van der Waals surface area contributed by atoms with Crippen LogP contribution in [0, 0.1) is 6.92 Å². The molecule has 27 heavy (non-hydrogen) atoms. The lowest BCUT2D eigenvalue weighted by Crippen LogP contribution is -2.46. The van der Waals surface area contributed by atoms with E-state index in [9.17, 15) is 9.59 Å². The van der Waals surface area contributed by atoms with Gasteiger partial charge in [-0.05, 0) is 37.5 Å². The zero-order valence-corrected chi connectivity index (χ0v) is 16.5. The monoisotopic (exact) mass is 382 g/mol. The summed E-state index contributed by atoms with van der Waals surface area (Å²) in [7, 11) is 0. The van der Waals surface area contributed by atoms with Crippen LogP contribution in [0.25, 0.3) is 0 Å². The molecule has 0 spiro atoms. The van der Waals surface area contributed by atoms with Crippen LogP contribution in [0.5, 0.6) is 0 Å². The summed E-state index contributed by atoms with van der Waals surface area (Å²) >= 11 is 1.72. The molecule has 1 heterocycles. The second-order valence-electron chi connectivity index (χ2n) is 6.81. The Bertz CT molecular complexity index is 762. The molecule has 1 fully saturated rings. The molecule has 5 heteroatoms. The van der Waals surface area contributed by atoms with E-state index in [2.05, 4.69) is 36.5 Å². The number of benzene rings is 2. The van der Waals surface area contributed by atoms with Gasteiger partial charge in [0.15, 0.2) is 0 Å². The summed E-state index contributed by atoms with van der Waals surface area (Å²) in [5.74, 6) is 0.768. The largest absolute Gasteiger partial charge is 0.353 e. The summed E-state index contributed by atoms with van der Waals surface area (Å²) < 4.78 is 0. The number of likely N-dealkylation sites (tertiary alicyclic amines) is 1. The normalized spacial score (nSPS) is 15.4. The molecule has 2 aromatic rings. The van der Waals surface area contributed by atoms with Gasteiger partial charge in [0.25, 0.3) is 0 Å². The maximum atomic E-state index is 12.9. The first-order chi connectivity index (χ1) is 13.1. The minimum Gasteiger partial charge on any atom is -0.353 e. The fourth-order valence-corrected chi connectivity index (χ4v) is 4.05. The number of carbonyl (C=O) groups excluding carboxylic acids is 2. The Hall–Kier alpha value is -2.27. The van der Waals surface area contributed by atoms with E-state index in [0.717, 1.165) is 24.2 Å². The van der Waals surface area contributed by atoms with Gasteiger partial charge in [-0.1, -0.05) is 48.0 Å². The first-order valence-corrected chi connectivity index (χ1v) is 10.5. The highest BCUT2D eigenvalue weighted by molar-refractivity contribution is 7.99. The molecule has 142 valence electrons. The lowest BCUT2D eigenvalue weighted by atomic mass is 10.0. The topological polar surface area (TPSA) is 49.4 Å². The highest BCUT2D eigenvalue weighted by Gasteiger charge is 2.32. The van der Waals surface area contributed by atoms with Gasteiger partial charge in [0, 0.05) is 30.2 Å². The van der Waals surface area contributed by atoms with Crippen molar-refractivity contribution < 1.29 is 9.59 Å². The minimum absolute atomic E-state index is 0.0688. The van der Waals surface area contributed by atoms with Gasteiger partial charge < -0.3 is 10.2 Å². The Morgan fingerprint density at radius 3 is 2.56 bits per heavy atom. The van der Waals surface area contributed by atoms with Crippen LogP contribution in [-0.4, -0.2) is 35.6 Å². The first-order valence-electron chi connectivity index (χ1n) is 9.47. The number of hydrogen-bond donors (Lipinski definition) is 1. The summed E-state index contributed by atoms with van der Waals surface area (Å²) in [6.07, 6.45) is 2.39. The van der Waals surface area contributed by atoms with Crippen molar-refractivity contribution in [1.82, 2.24) is 10.2 Å². The third-order valence-corrected chi connectivity index (χ3v) is 5.74. The molecule has 2 amide bonds. The highest BCUT2D eigenvalue weighted by Crippen LogP contribution is 2.26. The summed E-state index contributed by atoms with van der Waals surface area (Å²) in [6.45, 7) is 3.28. The van der Waals surface area contributed by atoms with Crippen molar-refractivity contribution in [2.75, 3.05) is 18.8 Å². The number of amides is 2. The number of thioether (sulfide) groups is 1. The fraction of sp³-hybridized carbons (Fsp3) is 0.364. The summed E-state index contributed by atoms with van der Waals surface area (Å²) in [4.78, 5) is 28.3. The quantitative estimate of drug-likeness (QED) is 0.583. The van der Waals surface area contributed by atoms with Gasteiger partial charge in [-0.2, -0.15) is 0 Å². The van der Waals surface area contributed by atoms with Gasteiger partial charge in [-0.15, -0.1) is 11.8 Å². The van der Waals surface area contributed by atoms with E-state index in [1.807, 2.05) is 30.3 Å². The molecule has 0 bridgehead atoms. The number of nitrogens with one attached hydrogen (secondary N) is 1. The summed E-state index contributed by atoms with van der Waals surface area (Å²) in [5.41, 5.74) is 2.11. The van der Waals surface area contributed by atoms with Crippen LogP contribution >= 0.6 is 11.8 Å². The molecule has 1 unspecified atom stereocenters. The Balaban J connectivity index is 1.60. The second kappa shape index (κ2) is 9.60. The van der Waals surface area contributed by atoms with Crippen molar-refractivity contribution in [1.29, 1.82) is 0 Å². The van der Waals surface area contributed by atoms with E-state index in [0.29, 0.717) is 19.5 Å². The molecule has 0 saturated carbocycles. The van der Waals surface area contributed by atoms with Crippen molar-refractivity contribution in [3.05, 3.63) is 65.7 Å². The van der Waals surface area contributed by atoms with Gasteiger partial charge >= 0.3 is 0 Å². The molecule has 3 rings (SSSR count). The second-order valence-corrected chi connectivity index (χ2v) is 7.98. The van der Waals surface area contributed by atoms with Gasteiger partial charge in [-0.3, -0.25) is 9.59 Å². The van der Waals surface area contributed by atoms with E-state index < -0.39 is 6.04 Å². The van der Waals surface area contributed by atoms with Crippen molar-refractivity contribution in [3.63, 3.8) is 0 Å². The standard InChI is InChI=1S/C22H26N2O2S/c1-17-10-12-19(13-11-17)27-16-14-23-22(26)21(18-7-3-2-4-8-18)24-15-6-5-9-20(24)25/h2-4,7-8,10-13,21H,5-6,9,14-16H2,1H3,(H,23,26). The average Bonchev–Trinajstić information content (AvgIpc) is 2.69. The molecule has 0 aromatic heterocycles. The first kappa shape index (κ1) is 19.5. The van der Waals surface area contributed by atoms with E-state index in [1.165, 1.54) is 10.5 Å². The molecule has 1 N–H and O–H groups in total. The molecular weight excluding hydrogens is 356 g/mol. The lowest BCUT2D eigenvalue weighted by Gasteiger charge is -2.34. The van der Waals surface area contributed by atoms with Crippen molar-refractivity contribution >= 4 is 23.6 Å². The number of aryl methyl sites for hydroxylation is 1. The maximum Gasteiger partial charge on any atom is 0.247 e. The molecule has 4 nitrogen and oxygen atoms in total. The number of carbonyl (C=O) groups is 2. The average molecular weight is 383 g/mol. The predicted molar refractivity (Wildman–Crippen MR) is 110 cm³/mol. The van der Waals surface area contributed by atoms with Gasteiger partial charge in [0.1, 0.15) is 6.04 Å². The van der Waals surface area contributed by atoms with Crippen molar-refractivity contribution in [2.24, 2.45) is 0 Å². The molecule has 1 atom stereocenters. The van der Waals surface area contributed by atoms with Crippen LogP contribution in [0.15, 0.2) is 59.5 Å². The van der Waals surface area contributed by atoms with Crippen LogP contribution < -0.4 is 5.32 Å². The third kappa shape index (κ3) is 5.36. The number of rotatable bonds is 7. The minimum atomic E-state index is -0.539. The third-order valence-electron chi connectivity index (χ3n) is 4.73. The molecular formula is C22H26N2O2S. The van der Waals surface area contributed by atoms with Crippen LogP contribution in [0.2, 0.25) is 0 Å². The predicted octanol–water partition coefficient (Wildman–Crippen LogP) is 3.96. The molecule has 0 radical (unpaired) electrons. The van der Waals surface area contributed by atoms with E-state index in [-0.39, 0.29) is 11.8 Å². The van der Waals surface area contributed by atoms with Crippen LogP contribution in [0.1, 0.15) is 36.4 Å². The van der Waals surface area contributed by atoms with Crippen molar-refractivity contribution in [3.8, 4) is 0 Å². The number of hydrogen-bond acceptors (Lipinski definition) is 3.